The Kier molecular flexibility index (Phi) is 3.92. The van der Waals surface area contributed by atoms with Gasteiger partial charge in [-0.25, -0.2) is 0 Å². The maximum atomic E-state index is 12.4. The van der Waals surface area contributed by atoms with Crippen molar-refractivity contribution in [3.63, 3.8) is 0 Å². The summed E-state index contributed by atoms with van der Waals surface area (Å²) >= 11 is 3.34. The van der Waals surface area contributed by atoms with Crippen LogP contribution in [0.5, 0.6) is 0 Å². The molecule has 2 rings (SSSR count). The highest BCUT2D eigenvalue weighted by atomic mass is 79.9. The van der Waals surface area contributed by atoms with Gasteiger partial charge in [0.25, 0.3) is 5.91 Å². The number of benzene rings is 1. The maximum absolute atomic E-state index is 12.4. The van der Waals surface area contributed by atoms with Crippen LogP contribution >= 0.6 is 15.9 Å². The molecule has 0 spiro atoms. The van der Waals surface area contributed by atoms with Gasteiger partial charge in [-0.05, 0) is 48.1 Å². The molecule has 18 heavy (non-hydrogen) atoms. The quantitative estimate of drug-likeness (QED) is 0.805. The van der Waals surface area contributed by atoms with E-state index >= 15 is 0 Å². The summed E-state index contributed by atoms with van der Waals surface area (Å²) in [5, 5.41) is 0. The normalized spacial score (nSPS) is 21.1. The van der Waals surface area contributed by atoms with Gasteiger partial charge in [0, 0.05) is 41.4 Å². The number of carbonyl (C=O) groups is 1. The van der Waals surface area contributed by atoms with Crippen molar-refractivity contribution in [2.24, 2.45) is 0 Å². The first-order valence-corrected chi connectivity index (χ1v) is 6.83. The molecule has 1 unspecified atom stereocenters. The number of nitrogens with two attached hydrogens (primary N) is 1. The summed E-state index contributed by atoms with van der Waals surface area (Å²) in [5.41, 5.74) is 7.08. The summed E-state index contributed by atoms with van der Waals surface area (Å²) in [6.45, 7) is 4.68. The van der Waals surface area contributed by atoms with Gasteiger partial charge in [0.15, 0.2) is 0 Å². The van der Waals surface area contributed by atoms with Crippen molar-refractivity contribution in [2.45, 2.75) is 13.0 Å². The van der Waals surface area contributed by atoms with Crippen LogP contribution in [-0.2, 0) is 0 Å². The number of halogens is 1. The van der Waals surface area contributed by atoms with Gasteiger partial charge >= 0.3 is 0 Å². The van der Waals surface area contributed by atoms with Crippen LogP contribution in [0.2, 0.25) is 0 Å². The Labute approximate surface area is 116 Å². The molecule has 2 N–H and O–H groups in total. The van der Waals surface area contributed by atoms with Crippen molar-refractivity contribution < 1.29 is 4.79 Å². The Hall–Kier alpha value is -1.07. The number of rotatable bonds is 1. The Morgan fingerprint density at radius 3 is 2.78 bits per heavy atom. The second-order valence-electron chi connectivity index (χ2n) is 4.85. The van der Waals surface area contributed by atoms with Gasteiger partial charge in [-0.2, -0.15) is 0 Å². The number of nitrogen functional groups attached to an aromatic ring is 1. The van der Waals surface area contributed by atoms with E-state index in [-0.39, 0.29) is 11.9 Å². The first kappa shape index (κ1) is 13.4. The molecule has 98 valence electrons. The highest BCUT2D eigenvalue weighted by Gasteiger charge is 2.26. The molecule has 1 aliphatic rings. The fraction of sp³-hybridized carbons (Fsp3) is 0.462. The predicted molar refractivity (Wildman–Crippen MR) is 76.5 cm³/mol. The van der Waals surface area contributed by atoms with E-state index in [0.717, 1.165) is 24.1 Å². The molecule has 1 amide bonds. The summed E-state index contributed by atoms with van der Waals surface area (Å²) in [5.74, 6) is 0.0646. The van der Waals surface area contributed by atoms with Crippen molar-refractivity contribution in [2.75, 3.05) is 32.4 Å². The fourth-order valence-corrected chi connectivity index (χ4v) is 2.53. The molecule has 1 fully saturated rings. The van der Waals surface area contributed by atoms with Crippen molar-refractivity contribution in [3.05, 3.63) is 28.2 Å². The molecule has 1 atom stereocenters. The molecule has 0 aromatic heterocycles. The Balaban J connectivity index is 2.18. The van der Waals surface area contributed by atoms with Gasteiger partial charge in [-0.15, -0.1) is 0 Å². The lowest BCUT2D eigenvalue weighted by Crippen LogP contribution is -2.52. The number of likely N-dealkylation sites (N-methyl/N-ethyl adjacent to an activating group) is 1. The first-order chi connectivity index (χ1) is 8.49. The summed E-state index contributed by atoms with van der Waals surface area (Å²) in [6.07, 6.45) is 0. The zero-order valence-electron chi connectivity index (χ0n) is 10.7. The molecule has 0 saturated carbocycles. The third-order valence-electron chi connectivity index (χ3n) is 3.33. The zero-order valence-corrected chi connectivity index (χ0v) is 12.3. The lowest BCUT2D eigenvalue weighted by molar-refractivity contribution is 0.0533. The molecular formula is C13H18BrN3O. The second-order valence-corrected chi connectivity index (χ2v) is 5.70. The van der Waals surface area contributed by atoms with E-state index in [1.807, 2.05) is 17.0 Å². The monoisotopic (exact) mass is 311 g/mol. The van der Waals surface area contributed by atoms with Crippen LogP contribution in [0.4, 0.5) is 5.69 Å². The van der Waals surface area contributed by atoms with Crippen LogP contribution in [0.1, 0.15) is 17.3 Å². The third kappa shape index (κ3) is 2.67. The number of hydrogen-bond acceptors (Lipinski definition) is 3. The van der Waals surface area contributed by atoms with Crippen LogP contribution in [0.25, 0.3) is 0 Å². The van der Waals surface area contributed by atoms with Crippen LogP contribution in [0.3, 0.4) is 0 Å². The number of nitrogens with zero attached hydrogens (tertiary/aromatic N) is 2. The van der Waals surface area contributed by atoms with Gasteiger partial charge in [-0.3, -0.25) is 4.79 Å². The summed E-state index contributed by atoms with van der Waals surface area (Å²) in [7, 11) is 2.08. The van der Waals surface area contributed by atoms with Crippen LogP contribution in [0.15, 0.2) is 22.7 Å². The highest BCUT2D eigenvalue weighted by molar-refractivity contribution is 9.10. The third-order valence-corrected chi connectivity index (χ3v) is 4.06. The molecule has 0 radical (unpaired) electrons. The first-order valence-electron chi connectivity index (χ1n) is 6.03. The zero-order chi connectivity index (χ0) is 13.3. The average Bonchev–Trinajstić information content (AvgIpc) is 2.32. The summed E-state index contributed by atoms with van der Waals surface area (Å²) in [4.78, 5) is 16.6. The molecule has 5 heteroatoms. The topological polar surface area (TPSA) is 49.6 Å². The molecule has 1 saturated heterocycles. The largest absolute Gasteiger partial charge is 0.398 e. The van der Waals surface area contributed by atoms with Crippen molar-refractivity contribution >= 4 is 27.5 Å². The van der Waals surface area contributed by atoms with E-state index in [4.69, 9.17) is 5.73 Å². The molecule has 1 aliphatic heterocycles. The minimum atomic E-state index is 0.0646. The second kappa shape index (κ2) is 5.28. The highest BCUT2D eigenvalue weighted by Crippen LogP contribution is 2.22. The van der Waals surface area contributed by atoms with E-state index < -0.39 is 0 Å². The fourth-order valence-electron chi connectivity index (χ4n) is 2.28. The van der Waals surface area contributed by atoms with Crippen molar-refractivity contribution in [1.29, 1.82) is 0 Å². The lowest BCUT2D eigenvalue weighted by Gasteiger charge is -2.38. The smallest absolute Gasteiger partial charge is 0.254 e. The summed E-state index contributed by atoms with van der Waals surface area (Å²) < 4.78 is 0.825. The van der Waals surface area contributed by atoms with Gasteiger partial charge in [0.05, 0.1) is 0 Å². The minimum absolute atomic E-state index is 0.0646. The van der Waals surface area contributed by atoms with Gasteiger partial charge in [0.1, 0.15) is 0 Å². The number of carbonyl (C=O) groups excluding carboxylic acids is 1. The molecular weight excluding hydrogens is 294 g/mol. The van der Waals surface area contributed by atoms with E-state index in [1.54, 1.807) is 6.07 Å². The molecule has 1 aromatic carbocycles. The molecule has 0 aliphatic carbocycles. The number of piperazine rings is 1. The molecule has 1 aromatic rings. The molecule has 4 nitrogen and oxygen atoms in total. The Morgan fingerprint density at radius 1 is 1.44 bits per heavy atom. The SMILES string of the molecule is CC1CN(C)CCN1C(=O)c1ccc(Br)c(N)c1. The van der Waals surface area contributed by atoms with Gasteiger partial charge in [0.2, 0.25) is 0 Å². The van der Waals surface area contributed by atoms with Crippen LogP contribution < -0.4 is 5.73 Å². The van der Waals surface area contributed by atoms with E-state index in [9.17, 15) is 4.79 Å². The molecule has 1 heterocycles. The maximum Gasteiger partial charge on any atom is 0.254 e. The average molecular weight is 312 g/mol. The van der Waals surface area contributed by atoms with Gasteiger partial charge < -0.3 is 15.5 Å². The standard InChI is InChI=1S/C13H18BrN3O/c1-9-8-16(2)5-6-17(9)13(18)10-3-4-11(14)12(15)7-10/h3-4,7,9H,5-6,8,15H2,1-2H3. The van der Waals surface area contributed by atoms with Gasteiger partial charge in [-0.1, -0.05) is 0 Å². The predicted octanol–water partition coefficient (Wildman–Crippen LogP) is 1.81. The van der Waals surface area contributed by atoms with Crippen molar-refractivity contribution in [3.8, 4) is 0 Å². The number of hydrogen-bond donors (Lipinski definition) is 1. The van der Waals surface area contributed by atoms with Crippen molar-refractivity contribution in [1.82, 2.24) is 9.80 Å². The Bertz CT molecular complexity index is 464. The lowest BCUT2D eigenvalue weighted by atomic mass is 10.1. The van der Waals surface area contributed by atoms with E-state index in [0.29, 0.717) is 11.3 Å². The van der Waals surface area contributed by atoms with E-state index in [1.165, 1.54) is 0 Å². The molecule has 0 bridgehead atoms. The minimum Gasteiger partial charge on any atom is -0.398 e. The van der Waals surface area contributed by atoms with Crippen LogP contribution in [0, 0.1) is 0 Å². The van der Waals surface area contributed by atoms with E-state index in [2.05, 4.69) is 34.8 Å². The number of amides is 1. The van der Waals surface area contributed by atoms with Crippen LogP contribution in [-0.4, -0.2) is 48.4 Å². The number of anilines is 1. The Morgan fingerprint density at radius 2 is 2.17 bits per heavy atom. The summed E-state index contributed by atoms with van der Waals surface area (Å²) in [6, 6.07) is 5.61.